The number of aromatic nitrogens is 1. The third-order valence-electron chi connectivity index (χ3n) is 2.54. The molecule has 0 atom stereocenters. The van der Waals surface area contributed by atoms with Gasteiger partial charge in [0, 0.05) is 18.3 Å². The third-order valence-corrected chi connectivity index (χ3v) is 3.57. The quantitative estimate of drug-likeness (QED) is 0.631. The fourth-order valence-electron chi connectivity index (χ4n) is 1.72. The van der Waals surface area contributed by atoms with Gasteiger partial charge >= 0.3 is 5.97 Å². The summed E-state index contributed by atoms with van der Waals surface area (Å²) in [5.41, 5.74) is 1.31. The van der Waals surface area contributed by atoms with Gasteiger partial charge in [0.25, 0.3) is 0 Å². The molecule has 1 heterocycles. The zero-order chi connectivity index (χ0) is 12.5. The van der Waals surface area contributed by atoms with Crippen molar-refractivity contribution < 1.29 is 17.9 Å². The van der Waals surface area contributed by atoms with E-state index in [9.17, 15) is 13.2 Å². The normalized spacial score (nSPS) is 10.8. The number of carbonyl (C=O) groups excluding carboxylic acids is 1. The monoisotopic (exact) mass is 245 g/mol. The highest BCUT2D eigenvalue weighted by atomic mass is 32.2. The third kappa shape index (κ3) is 1.97. The van der Waals surface area contributed by atoms with Gasteiger partial charge < -0.3 is 9.30 Å². The maximum absolute atomic E-state index is 11.6. The molecule has 0 unspecified atom stereocenters. The summed E-state index contributed by atoms with van der Waals surface area (Å²) >= 11 is 0. The predicted octanol–water partition coefficient (Wildman–Crippen LogP) is 0.789. The van der Waals surface area contributed by atoms with E-state index in [-0.39, 0.29) is 11.5 Å². The molecular weight excluding hydrogens is 230 g/mol. The first-order valence-electron chi connectivity index (χ1n) is 4.89. The van der Waals surface area contributed by atoms with Gasteiger partial charge in [-0.3, -0.25) is 0 Å². The Labute approximate surface area is 96.0 Å². The fourth-order valence-corrected chi connectivity index (χ4v) is 2.51. The smallest absolute Gasteiger partial charge is 0.355 e. The van der Waals surface area contributed by atoms with Gasteiger partial charge in [-0.1, -0.05) is 0 Å². The van der Waals surface area contributed by atoms with E-state index in [0.717, 1.165) is 0 Å². The Balaban J connectivity index is 3.42. The van der Waals surface area contributed by atoms with Crippen LogP contribution < -0.4 is 0 Å². The van der Waals surface area contributed by atoms with E-state index < -0.39 is 16.7 Å². The standard InChI is InChI=1S/C10H15NO4S/c1-5-15-10(12)8-6(2)9(16(13)14)7(3)11(8)4/h16H,5H2,1-4H3. The summed E-state index contributed by atoms with van der Waals surface area (Å²) in [4.78, 5) is 11.8. The van der Waals surface area contributed by atoms with Crippen molar-refractivity contribution in [2.24, 2.45) is 7.05 Å². The van der Waals surface area contributed by atoms with Crippen LogP contribution in [-0.4, -0.2) is 25.6 Å². The summed E-state index contributed by atoms with van der Waals surface area (Å²) in [5.74, 6) is -0.492. The lowest BCUT2D eigenvalue weighted by Gasteiger charge is -2.04. The van der Waals surface area contributed by atoms with Crippen LogP contribution in [0.2, 0.25) is 0 Å². The summed E-state index contributed by atoms with van der Waals surface area (Å²) in [6, 6.07) is 0. The second kappa shape index (κ2) is 4.69. The maximum atomic E-state index is 11.6. The number of ether oxygens (including phenoxy) is 1. The molecule has 0 bridgehead atoms. The highest BCUT2D eigenvalue weighted by Gasteiger charge is 2.22. The molecule has 1 aromatic rings. The van der Waals surface area contributed by atoms with Crippen molar-refractivity contribution in [3.05, 3.63) is 17.0 Å². The Hall–Kier alpha value is -1.30. The number of nitrogens with zero attached hydrogens (tertiary/aromatic N) is 1. The average Bonchev–Trinajstić information content (AvgIpc) is 2.38. The molecule has 0 aliphatic heterocycles. The molecule has 1 rings (SSSR count). The fraction of sp³-hybridized carbons (Fsp3) is 0.500. The summed E-state index contributed by atoms with van der Waals surface area (Å²) < 4.78 is 28.6. The lowest BCUT2D eigenvalue weighted by molar-refractivity contribution is 0.0514. The molecule has 0 amide bonds. The van der Waals surface area contributed by atoms with E-state index in [1.54, 1.807) is 32.4 Å². The Kier molecular flexibility index (Phi) is 3.74. The zero-order valence-corrected chi connectivity index (χ0v) is 10.6. The summed E-state index contributed by atoms with van der Waals surface area (Å²) in [6.45, 7) is 5.25. The molecule has 5 nitrogen and oxygen atoms in total. The van der Waals surface area contributed by atoms with Gasteiger partial charge in [0.15, 0.2) is 10.7 Å². The lowest BCUT2D eigenvalue weighted by atomic mass is 10.2. The van der Waals surface area contributed by atoms with Crippen molar-refractivity contribution in [1.29, 1.82) is 0 Å². The molecular formula is C10H15NO4S. The molecule has 0 aromatic carbocycles. The van der Waals surface area contributed by atoms with Gasteiger partial charge in [-0.2, -0.15) is 0 Å². The molecule has 0 N–H and O–H groups in total. The molecule has 0 saturated carbocycles. The molecule has 0 saturated heterocycles. The topological polar surface area (TPSA) is 65.4 Å². The molecule has 1 aromatic heterocycles. The molecule has 0 aliphatic rings. The number of esters is 1. The maximum Gasteiger partial charge on any atom is 0.355 e. The van der Waals surface area contributed by atoms with Crippen LogP contribution in [0, 0.1) is 13.8 Å². The van der Waals surface area contributed by atoms with Crippen LogP contribution in [0.5, 0.6) is 0 Å². The molecule has 16 heavy (non-hydrogen) atoms. The largest absolute Gasteiger partial charge is 0.461 e. The van der Waals surface area contributed by atoms with Gasteiger partial charge in [-0.05, 0) is 20.8 Å². The number of thiol groups is 1. The molecule has 0 fully saturated rings. The van der Waals surface area contributed by atoms with Crippen molar-refractivity contribution in [2.75, 3.05) is 6.61 Å². The molecule has 0 aliphatic carbocycles. The van der Waals surface area contributed by atoms with Gasteiger partial charge in [0.1, 0.15) is 5.69 Å². The van der Waals surface area contributed by atoms with Crippen LogP contribution in [0.3, 0.4) is 0 Å². The number of hydrogen-bond acceptors (Lipinski definition) is 4. The minimum absolute atomic E-state index is 0.209. The van der Waals surface area contributed by atoms with Gasteiger partial charge in [0.05, 0.1) is 11.5 Å². The first kappa shape index (κ1) is 12.8. The first-order chi connectivity index (χ1) is 7.41. The van der Waals surface area contributed by atoms with Crippen molar-refractivity contribution in [3.8, 4) is 0 Å². The molecule has 0 spiro atoms. The van der Waals surface area contributed by atoms with Crippen LogP contribution in [0.25, 0.3) is 0 Å². The SMILES string of the molecule is CCOC(=O)c1c(C)c([SH](=O)=O)c(C)n1C. The summed E-state index contributed by atoms with van der Waals surface area (Å²) in [7, 11) is -1.05. The van der Waals surface area contributed by atoms with Crippen molar-refractivity contribution >= 4 is 16.7 Å². The van der Waals surface area contributed by atoms with Crippen LogP contribution in [0.15, 0.2) is 4.90 Å². The van der Waals surface area contributed by atoms with Crippen LogP contribution >= 0.6 is 0 Å². The van der Waals surface area contributed by atoms with Crippen molar-refractivity contribution in [2.45, 2.75) is 25.7 Å². The second-order valence-corrected chi connectivity index (χ2v) is 4.41. The molecule has 90 valence electrons. The van der Waals surface area contributed by atoms with Gasteiger partial charge in [-0.25, -0.2) is 13.2 Å². The summed E-state index contributed by atoms with van der Waals surface area (Å²) in [5, 5.41) is 0. The Bertz CT molecular complexity index is 491. The zero-order valence-electron chi connectivity index (χ0n) is 9.73. The average molecular weight is 245 g/mol. The van der Waals surface area contributed by atoms with E-state index in [4.69, 9.17) is 4.74 Å². The Morgan fingerprint density at radius 1 is 1.38 bits per heavy atom. The molecule has 6 heteroatoms. The van der Waals surface area contributed by atoms with Crippen molar-refractivity contribution in [3.63, 3.8) is 0 Å². The van der Waals surface area contributed by atoms with E-state index in [2.05, 4.69) is 0 Å². The van der Waals surface area contributed by atoms with Crippen LogP contribution in [0.1, 0.15) is 28.7 Å². The van der Waals surface area contributed by atoms with E-state index in [0.29, 0.717) is 17.0 Å². The minimum Gasteiger partial charge on any atom is -0.461 e. The lowest BCUT2D eigenvalue weighted by Crippen LogP contribution is -2.11. The number of rotatable bonds is 3. The second-order valence-electron chi connectivity index (χ2n) is 3.44. The van der Waals surface area contributed by atoms with E-state index >= 15 is 0 Å². The van der Waals surface area contributed by atoms with Crippen LogP contribution in [-0.2, 0) is 22.5 Å². The highest BCUT2D eigenvalue weighted by molar-refractivity contribution is 7.72. The van der Waals surface area contributed by atoms with Gasteiger partial charge in [0.2, 0.25) is 0 Å². The highest BCUT2D eigenvalue weighted by Crippen LogP contribution is 2.22. The molecule has 0 radical (unpaired) electrons. The van der Waals surface area contributed by atoms with E-state index in [1.807, 2.05) is 0 Å². The van der Waals surface area contributed by atoms with E-state index in [1.165, 1.54) is 0 Å². The van der Waals surface area contributed by atoms with Crippen molar-refractivity contribution in [1.82, 2.24) is 4.57 Å². The minimum atomic E-state index is -2.70. The summed E-state index contributed by atoms with van der Waals surface area (Å²) in [6.07, 6.45) is 0. The van der Waals surface area contributed by atoms with Crippen LogP contribution in [0.4, 0.5) is 0 Å². The van der Waals surface area contributed by atoms with Gasteiger partial charge in [-0.15, -0.1) is 0 Å². The number of carbonyl (C=O) groups is 1. The number of hydrogen-bond donors (Lipinski definition) is 1. The Morgan fingerprint density at radius 3 is 2.31 bits per heavy atom. The predicted molar refractivity (Wildman–Crippen MR) is 59.4 cm³/mol. The first-order valence-corrected chi connectivity index (χ1v) is 6.06. The Morgan fingerprint density at radius 2 is 1.94 bits per heavy atom.